The second-order valence-electron chi connectivity index (χ2n) is 1.80. The Morgan fingerprint density at radius 2 is 2.33 bits per heavy atom. The van der Waals surface area contributed by atoms with E-state index in [1.807, 2.05) is 0 Å². The van der Waals surface area contributed by atoms with Crippen LogP contribution in [0.1, 0.15) is 19.8 Å². The molecule has 0 saturated heterocycles. The number of hydrogen-bond donors (Lipinski definition) is 0. The van der Waals surface area contributed by atoms with Crippen LogP contribution in [-0.4, -0.2) is 4.43 Å². The van der Waals surface area contributed by atoms with Gasteiger partial charge in [0.2, 0.25) is 0 Å². The standard InChI is InChI=1S/C8H10I/c1-3-5-8(2)6-4-7-9/h8H,3,5,7H2,1H3. The average molecular weight is 233 g/mol. The summed E-state index contributed by atoms with van der Waals surface area (Å²) in [5.41, 5.74) is 0. The van der Waals surface area contributed by atoms with Crippen molar-refractivity contribution in [3.05, 3.63) is 6.92 Å². The van der Waals surface area contributed by atoms with E-state index in [0.717, 1.165) is 17.3 Å². The second-order valence-corrected chi connectivity index (χ2v) is 2.56. The molecule has 49 valence electrons. The molecule has 3 radical (unpaired) electrons. The average Bonchev–Trinajstić information content (AvgIpc) is 1.85. The first-order valence-electron chi connectivity index (χ1n) is 3.06. The monoisotopic (exact) mass is 233 g/mol. The van der Waals surface area contributed by atoms with Gasteiger partial charge >= 0.3 is 0 Å². The molecule has 0 saturated carbocycles. The highest BCUT2D eigenvalue weighted by Gasteiger charge is 1.92. The van der Waals surface area contributed by atoms with Gasteiger partial charge in [0.1, 0.15) is 0 Å². The van der Waals surface area contributed by atoms with E-state index >= 15 is 0 Å². The summed E-state index contributed by atoms with van der Waals surface area (Å²) >= 11 is 2.19. The Morgan fingerprint density at radius 1 is 1.67 bits per heavy atom. The maximum absolute atomic E-state index is 7.30. The summed E-state index contributed by atoms with van der Waals surface area (Å²) in [5, 5.41) is 0. The van der Waals surface area contributed by atoms with Crippen molar-refractivity contribution in [1.82, 2.24) is 0 Å². The zero-order chi connectivity index (χ0) is 7.11. The Kier molecular flexibility index (Phi) is 6.62. The van der Waals surface area contributed by atoms with E-state index in [1.54, 1.807) is 0 Å². The second kappa shape index (κ2) is 6.41. The minimum atomic E-state index is -0.148. The van der Waals surface area contributed by atoms with Crippen molar-refractivity contribution in [3.8, 4) is 11.8 Å². The summed E-state index contributed by atoms with van der Waals surface area (Å²) in [6.07, 6.45) is 1.97. The van der Waals surface area contributed by atoms with Crippen LogP contribution >= 0.6 is 22.6 Å². The van der Waals surface area contributed by atoms with E-state index in [9.17, 15) is 0 Å². The quantitative estimate of drug-likeness (QED) is 0.390. The Bertz CT molecular complexity index is 107. The number of alkyl halides is 1. The predicted octanol–water partition coefficient (Wildman–Crippen LogP) is 2.43. The van der Waals surface area contributed by atoms with Crippen molar-refractivity contribution in [1.29, 1.82) is 0 Å². The number of halogens is 1. The van der Waals surface area contributed by atoms with Gasteiger partial charge in [-0.15, -0.1) is 0 Å². The molecule has 0 rings (SSSR count). The molecule has 0 amide bonds. The summed E-state index contributed by atoms with van der Waals surface area (Å²) in [6, 6.07) is 0. The van der Waals surface area contributed by atoms with Gasteiger partial charge in [0.25, 0.3) is 0 Å². The largest absolute Gasteiger partial charge is 0.0984 e. The van der Waals surface area contributed by atoms with E-state index in [1.165, 1.54) is 0 Å². The van der Waals surface area contributed by atoms with Gasteiger partial charge in [-0.3, -0.25) is 0 Å². The fraction of sp³-hybridized carbons (Fsp3) is 0.625. The van der Waals surface area contributed by atoms with E-state index in [-0.39, 0.29) is 5.92 Å². The van der Waals surface area contributed by atoms with Crippen LogP contribution in [0.3, 0.4) is 0 Å². The zero-order valence-electron chi connectivity index (χ0n) is 5.58. The predicted molar refractivity (Wildman–Crippen MR) is 48.3 cm³/mol. The van der Waals surface area contributed by atoms with Gasteiger partial charge in [-0.25, -0.2) is 0 Å². The first-order chi connectivity index (χ1) is 4.31. The molecular formula is C8H10I. The van der Waals surface area contributed by atoms with Crippen molar-refractivity contribution >= 4 is 22.6 Å². The van der Waals surface area contributed by atoms with E-state index in [4.69, 9.17) is 6.92 Å². The molecule has 0 N–H and O–H groups in total. The third-order valence-electron chi connectivity index (χ3n) is 0.920. The van der Waals surface area contributed by atoms with Crippen LogP contribution in [0.4, 0.5) is 0 Å². The molecule has 0 heterocycles. The van der Waals surface area contributed by atoms with Crippen LogP contribution in [0.15, 0.2) is 0 Å². The maximum atomic E-state index is 7.30. The first-order valence-corrected chi connectivity index (χ1v) is 4.59. The lowest BCUT2D eigenvalue weighted by Crippen LogP contribution is -1.88. The van der Waals surface area contributed by atoms with Crippen LogP contribution < -0.4 is 0 Å². The lowest BCUT2D eigenvalue weighted by Gasteiger charge is -1.96. The molecule has 1 atom stereocenters. The third-order valence-corrected chi connectivity index (χ3v) is 1.30. The summed E-state index contributed by atoms with van der Waals surface area (Å²) in [5.74, 6) is 5.58. The Hall–Kier alpha value is 0.290. The Balaban J connectivity index is 3.36. The smallest absolute Gasteiger partial charge is 0.0609 e. The molecule has 0 bridgehead atoms. The molecule has 0 fully saturated rings. The van der Waals surface area contributed by atoms with Crippen LogP contribution in [0.5, 0.6) is 0 Å². The SMILES string of the molecule is [C]C(C#CCI)CCC. The molecule has 0 spiro atoms. The topological polar surface area (TPSA) is 0 Å². The van der Waals surface area contributed by atoms with Gasteiger partial charge in [0.15, 0.2) is 0 Å². The lowest BCUT2D eigenvalue weighted by atomic mass is 10.1. The van der Waals surface area contributed by atoms with E-state index < -0.39 is 0 Å². The summed E-state index contributed by atoms with van der Waals surface area (Å²) in [6.45, 7) is 9.37. The Labute approximate surface area is 71.6 Å². The third kappa shape index (κ3) is 6.17. The summed E-state index contributed by atoms with van der Waals surface area (Å²) in [7, 11) is 0. The van der Waals surface area contributed by atoms with E-state index in [2.05, 4.69) is 41.4 Å². The highest BCUT2D eigenvalue weighted by Crippen LogP contribution is 2.01. The highest BCUT2D eigenvalue weighted by atomic mass is 127. The van der Waals surface area contributed by atoms with Crippen LogP contribution in [-0.2, 0) is 0 Å². The van der Waals surface area contributed by atoms with Gasteiger partial charge in [-0.2, -0.15) is 0 Å². The van der Waals surface area contributed by atoms with Crippen molar-refractivity contribution < 1.29 is 0 Å². The molecule has 1 heteroatoms. The molecule has 1 unspecified atom stereocenters. The molecule has 0 aromatic heterocycles. The fourth-order valence-corrected chi connectivity index (χ4v) is 0.743. The van der Waals surface area contributed by atoms with Gasteiger partial charge in [-0.05, 0) is 6.42 Å². The molecule has 0 aromatic carbocycles. The molecule has 9 heavy (non-hydrogen) atoms. The van der Waals surface area contributed by atoms with Gasteiger partial charge in [0.05, 0.1) is 4.43 Å². The van der Waals surface area contributed by atoms with Crippen molar-refractivity contribution in [2.75, 3.05) is 4.43 Å². The molecule has 0 aliphatic carbocycles. The molecular weight excluding hydrogens is 223 g/mol. The van der Waals surface area contributed by atoms with Crippen molar-refractivity contribution in [2.45, 2.75) is 19.8 Å². The normalized spacial score (nSPS) is 11.9. The lowest BCUT2D eigenvalue weighted by molar-refractivity contribution is 0.706. The van der Waals surface area contributed by atoms with Gasteiger partial charge < -0.3 is 0 Å². The van der Waals surface area contributed by atoms with Gasteiger partial charge in [0, 0.05) is 12.8 Å². The first kappa shape index (κ1) is 9.29. The zero-order valence-corrected chi connectivity index (χ0v) is 7.73. The van der Waals surface area contributed by atoms with Crippen molar-refractivity contribution in [2.24, 2.45) is 5.92 Å². The molecule has 0 aliphatic heterocycles. The van der Waals surface area contributed by atoms with Crippen LogP contribution in [0, 0.1) is 24.7 Å². The summed E-state index contributed by atoms with van der Waals surface area (Å²) in [4.78, 5) is 0. The highest BCUT2D eigenvalue weighted by molar-refractivity contribution is 14.1. The maximum Gasteiger partial charge on any atom is 0.0609 e. The van der Waals surface area contributed by atoms with Gasteiger partial charge in [-0.1, -0.05) is 47.8 Å². The molecule has 0 nitrogen and oxygen atoms in total. The minimum Gasteiger partial charge on any atom is -0.0984 e. The minimum absolute atomic E-state index is 0.148. The van der Waals surface area contributed by atoms with E-state index in [0.29, 0.717) is 0 Å². The Morgan fingerprint density at radius 3 is 2.78 bits per heavy atom. The summed E-state index contributed by atoms with van der Waals surface area (Å²) < 4.78 is 0.844. The van der Waals surface area contributed by atoms with Crippen LogP contribution in [0.25, 0.3) is 0 Å². The van der Waals surface area contributed by atoms with Crippen molar-refractivity contribution in [3.63, 3.8) is 0 Å². The molecule has 0 aliphatic rings. The van der Waals surface area contributed by atoms with Crippen LogP contribution in [0.2, 0.25) is 0 Å². The molecule has 0 aromatic rings. The fourth-order valence-electron chi connectivity index (χ4n) is 0.523. The number of rotatable bonds is 2. The number of hydrogen-bond acceptors (Lipinski definition) is 0.